The minimum absolute atomic E-state index is 0.249. The van der Waals surface area contributed by atoms with Gasteiger partial charge in [0.1, 0.15) is 5.75 Å². The number of thiazole rings is 1. The van der Waals surface area contributed by atoms with E-state index in [1.807, 2.05) is 42.8 Å². The van der Waals surface area contributed by atoms with Crippen molar-refractivity contribution in [2.45, 2.75) is 6.92 Å². The maximum Gasteiger partial charge on any atom is 0.211 e. The number of aryl methyl sites for hydroxylation is 1. The summed E-state index contributed by atoms with van der Waals surface area (Å²) in [6.45, 7) is 1.91. The Kier molecular flexibility index (Phi) is 3.58. The number of hydrogen-bond donors (Lipinski definition) is 1. The number of phenols is 1. The Morgan fingerprint density at radius 3 is 2.52 bits per heavy atom. The van der Waals surface area contributed by atoms with Gasteiger partial charge in [0, 0.05) is 7.05 Å². The molecule has 0 radical (unpaired) electrons. The average molecular weight is 297 g/mol. The van der Waals surface area contributed by atoms with Crippen LogP contribution in [0.1, 0.15) is 12.5 Å². The number of phenolic OH excluding ortho intramolecular Hbond substituents is 1. The van der Waals surface area contributed by atoms with Gasteiger partial charge in [0.15, 0.2) is 0 Å². The molecular formula is C16H15N3OS. The number of hydrogen-bond acceptors (Lipinski definition) is 4. The van der Waals surface area contributed by atoms with Crippen LogP contribution in [0, 0.1) is 0 Å². The molecule has 0 aliphatic carbocycles. The van der Waals surface area contributed by atoms with Crippen molar-refractivity contribution in [3.05, 3.63) is 58.9 Å². The SMILES string of the molecule is CC(=NN=c1sc2ccccc2n1C)c1ccc(O)cc1. The summed E-state index contributed by atoms with van der Waals surface area (Å²) in [5.74, 6) is 0.249. The van der Waals surface area contributed by atoms with Gasteiger partial charge in [-0.1, -0.05) is 23.5 Å². The normalized spacial score (nSPS) is 13.0. The molecule has 3 rings (SSSR count). The Bertz CT molecular complexity index is 872. The van der Waals surface area contributed by atoms with E-state index < -0.39 is 0 Å². The maximum atomic E-state index is 9.30. The van der Waals surface area contributed by atoms with Crippen LogP contribution in [0.4, 0.5) is 0 Å². The fourth-order valence-corrected chi connectivity index (χ4v) is 3.03. The molecule has 0 bridgehead atoms. The van der Waals surface area contributed by atoms with Crippen LogP contribution in [0.15, 0.2) is 58.7 Å². The minimum Gasteiger partial charge on any atom is -0.508 e. The van der Waals surface area contributed by atoms with E-state index in [2.05, 4.69) is 22.3 Å². The van der Waals surface area contributed by atoms with Crippen molar-refractivity contribution in [2.24, 2.45) is 17.3 Å². The molecule has 0 spiro atoms. The number of benzene rings is 2. The largest absolute Gasteiger partial charge is 0.508 e. The van der Waals surface area contributed by atoms with Crippen molar-refractivity contribution >= 4 is 27.3 Å². The van der Waals surface area contributed by atoms with Crippen LogP contribution in [0.2, 0.25) is 0 Å². The molecule has 0 fully saturated rings. The molecular weight excluding hydrogens is 282 g/mol. The third kappa shape index (κ3) is 2.73. The number of aromatic nitrogens is 1. The minimum atomic E-state index is 0.249. The van der Waals surface area contributed by atoms with Crippen molar-refractivity contribution in [3.8, 4) is 5.75 Å². The van der Waals surface area contributed by atoms with E-state index >= 15 is 0 Å². The van der Waals surface area contributed by atoms with Gasteiger partial charge >= 0.3 is 0 Å². The molecule has 106 valence electrons. The highest BCUT2D eigenvalue weighted by Gasteiger charge is 2.01. The highest BCUT2D eigenvalue weighted by atomic mass is 32.1. The molecule has 0 amide bonds. The van der Waals surface area contributed by atoms with Crippen molar-refractivity contribution in [2.75, 3.05) is 0 Å². The fourth-order valence-electron chi connectivity index (χ4n) is 2.06. The van der Waals surface area contributed by atoms with Gasteiger partial charge in [0.25, 0.3) is 0 Å². The summed E-state index contributed by atoms with van der Waals surface area (Å²) in [4.78, 5) is 0.856. The monoisotopic (exact) mass is 297 g/mol. The van der Waals surface area contributed by atoms with Crippen LogP contribution >= 0.6 is 11.3 Å². The Labute approximate surface area is 126 Å². The molecule has 1 heterocycles. The third-order valence-electron chi connectivity index (χ3n) is 3.29. The molecule has 3 aromatic rings. The Hall–Kier alpha value is -2.40. The molecule has 0 saturated carbocycles. The average Bonchev–Trinajstić information content (AvgIpc) is 2.82. The summed E-state index contributed by atoms with van der Waals surface area (Å²) in [6, 6.07) is 15.1. The van der Waals surface area contributed by atoms with Crippen LogP contribution in [0.5, 0.6) is 5.75 Å². The van der Waals surface area contributed by atoms with E-state index in [0.717, 1.165) is 21.6 Å². The summed E-state index contributed by atoms with van der Waals surface area (Å²) in [7, 11) is 1.99. The first-order valence-corrected chi connectivity index (χ1v) is 7.39. The Morgan fingerprint density at radius 1 is 1.10 bits per heavy atom. The second-order valence-corrected chi connectivity index (χ2v) is 5.75. The quantitative estimate of drug-likeness (QED) is 0.573. The molecule has 21 heavy (non-hydrogen) atoms. The van der Waals surface area contributed by atoms with Crippen LogP contribution in [-0.4, -0.2) is 15.4 Å². The van der Waals surface area contributed by atoms with Crippen LogP contribution in [-0.2, 0) is 7.05 Å². The number of para-hydroxylation sites is 1. The van der Waals surface area contributed by atoms with Gasteiger partial charge in [-0.25, -0.2) is 0 Å². The number of aromatic hydroxyl groups is 1. The van der Waals surface area contributed by atoms with E-state index in [4.69, 9.17) is 0 Å². The van der Waals surface area contributed by atoms with Gasteiger partial charge < -0.3 is 9.67 Å². The molecule has 0 saturated heterocycles. The molecule has 1 aromatic heterocycles. The first-order valence-electron chi connectivity index (χ1n) is 6.57. The molecule has 5 heteroatoms. The van der Waals surface area contributed by atoms with Gasteiger partial charge in [-0.05, 0) is 48.9 Å². The van der Waals surface area contributed by atoms with Gasteiger partial charge in [-0.15, -0.1) is 5.10 Å². The molecule has 4 nitrogen and oxygen atoms in total. The molecule has 0 aliphatic heterocycles. The predicted octanol–water partition coefficient (Wildman–Crippen LogP) is 3.27. The molecule has 1 N–H and O–H groups in total. The summed E-state index contributed by atoms with van der Waals surface area (Å²) >= 11 is 1.61. The van der Waals surface area contributed by atoms with Crippen LogP contribution in [0.3, 0.4) is 0 Å². The zero-order valence-corrected chi connectivity index (χ0v) is 12.6. The summed E-state index contributed by atoms with van der Waals surface area (Å²) in [5, 5.41) is 17.9. The van der Waals surface area contributed by atoms with E-state index in [1.165, 1.54) is 4.70 Å². The first kappa shape index (κ1) is 13.6. The number of nitrogens with zero attached hydrogens (tertiary/aromatic N) is 3. The standard InChI is InChI=1S/C16H15N3OS/c1-11(12-7-9-13(20)10-8-12)17-18-16-19(2)14-5-3-4-6-15(14)21-16/h3-10,20H,1-2H3. The van der Waals surface area contributed by atoms with Gasteiger partial charge in [-0.2, -0.15) is 5.10 Å². The van der Waals surface area contributed by atoms with E-state index in [9.17, 15) is 5.11 Å². The lowest BCUT2D eigenvalue weighted by molar-refractivity contribution is 0.475. The lowest BCUT2D eigenvalue weighted by atomic mass is 10.1. The fraction of sp³-hybridized carbons (Fsp3) is 0.125. The molecule has 0 aliphatic rings. The van der Waals surface area contributed by atoms with E-state index in [-0.39, 0.29) is 5.75 Å². The highest BCUT2D eigenvalue weighted by Crippen LogP contribution is 2.15. The van der Waals surface area contributed by atoms with Crippen LogP contribution < -0.4 is 4.80 Å². The number of rotatable bonds is 2. The summed E-state index contributed by atoms with van der Waals surface area (Å²) in [5.41, 5.74) is 2.91. The van der Waals surface area contributed by atoms with Crippen LogP contribution in [0.25, 0.3) is 10.2 Å². The van der Waals surface area contributed by atoms with E-state index in [1.54, 1.807) is 23.5 Å². The first-order chi connectivity index (χ1) is 10.1. The molecule has 0 atom stereocenters. The maximum absolute atomic E-state index is 9.30. The zero-order valence-electron chi connectivity index (χ0n) is 11.8. The second-order valence-electron chi connectivity index (χ2n) is 4.74. The van der Waals surface area contributed by atoms with Crippen molar-refractivity contribution in [3.63, 3.8) is 0 Å². The predicted molar refractivity (Wildman–Crippen MR) is 86.7 cm³/mol. The lowest BCUT2D eigenvalue weighted by Gasteiger charge is -1.98. The highest BCUT2D eigenvalue weighted by molar-refractivity contribution is 7.16. The molecule has 0 unspecified atom stereocenters. The number of fused-ring (bicyclic) bond motifs is 1. The van der Waals surface area contributed by atoms with Crippen molar-refractivity contribution < 1.29 is 5.11 Å². The van der Waals surface area contributed by atoms with E-state index in [0.29, 0.717) is 0 Å². The van der Waals surface area contributed by atoms with Gasteiger partial charge in [0.2, 0.25) is 4.80 Å². The topological polar surface area (TPSA) is 49.9 Å². The molecule has 2 aromatic carbocycles. The summed E-state index contributed by atoms with van der Waals surface area (Å²) < 4.78 is 3.23. The zero-order chi connectivity index (χ0) is 14.8. The smallest absolute Gasteiger partial charge is 0.211 e. The Morgan fingerprint density at radius 2 is 1.81 bits per heavy atom. The third-order valence-corrected chi connectivity index (χ3v) is 4.39. The van der Waals surface area contributed by atoms with Gasteiger partial charge in [-0.3, -0.25) is 0 Å². The second kappa shape index (κ2) is 5.54. The Balaban J connectivity index is 2.02. The van der Waals surface area contributed by atoms with Crippen molar-refractivity contribution in [1.82, 2.24) is 4.57 Å². The van der Waals surface area contributed by atoms with Gasteiger partial charge in [0.05, 0.1) is 15.9 Å². The summed E-state index contributed by atoms with van der Waals surface area (Å²) in [6.07, 6.45) is 0. The lowest BCUT2D eigenvalue weighted by Crippen LogP contribution is -2.09. The van der Waals surface area contributed by atoms with Crippen molar-refractivity contribution in [1.29, 1.82) is 0 Å².